The molecule has 0 bridgehead atoms. The number of rotatable bonds is 7. The molecule has 0 saturated carbocycles. The van der Waals surface area contributed by atoms with Gasteiger partial charge in [0.2, 0.25) is 0 Å². The summed E-state index contributed by atoms with van der Waals surface area (Å²) in [5, 5.41) is 20.4. The van der Waals surface area contributed by atoms with Crippen molar-refractivity contribution in [1.29, 1.82) is 0 Å². The molecule has 194 valence electrons. The van der Waals surface area contributed by atoms with Crippen LogP contribution in [0.25, 0.3) is 0 Å². The molecular formula is C25H34O10. The molecule has 10 heteroatoms. The SMILES string of the molecule is C=C1C(=O)O[C@@H]2/C=C(/CO)C[C@@H](O)/C=C(/C(=O)OC)[C@@H](OC(=O)[C@@H](C)CC)[C@H](OC(=O)C(C)C)[C@@H]12. The van der Waals surface area contributed by atoms with Crippen molar-refractivity contribution in [2.45, 2.75) is 65.0 Å². The summed E-state index contributed by atoms with van der Waals surface area (Å²) in [7, 11) is 1.11. The molecule has 0 unspecified atom stereocenters. The second kappa shape index (κ2) is 12.1. The standard InChI is InChI=1S/C25H34O10/c1-7-13(4)23(29)34-20-17(25(31)32-6)10-16(27)8-15(11-26)9-18-19(14(5)24(30)33-18)21(20)35-22(28)12(2)3/h9-10,12-13,16,18-21,26-27H,5,7-8,11H2,1-4,6H3/b15-9+,17-10+/t13-,16+,18+,19-,20+,21+/m0/s1. The van der Waals surface area contributed by atoms with Gasteiger partial charge in [0.15, 0.2) is 12.2 Å². The van der Waals surface area contributed by atoms with Crippen LogP contribution < -0.4 is 0 Å². The van der Waals surface area contributed by atoms with Crippen molar-refractivity contribution >= 4 is 23.9 Å². The summed E-state index contributed by atoms with van der Waals surface area (Å²) in [5.41, 5.74) is -0.0113. The van der Waals surface area contributed by atoms with Crippen molar-refractivity contribution in [2.24, 2.45) is 17.8 Å². The molecule has 0 aromatic heterocycles. The number of carbonyl (C=O) groups excluding carboxylic acids is 4. The maximum Gasteiger partial charge on any atom is 0.337 e. The van der Waals surface area contributed by atoms with Crippen LogP contribution in [-0.4, -0.2) is 72.2 Å². The molecule has 2 N–H and O–H groups in total. The highest BCUT2D eigenvalue weighted by molar-refractivity contribution is 5.93. The van der Waals surface area contributed by atoms with Crippen molar-refractivity contribution in [3.8, 4) is 0 Å². The number of carbonyl (C=O) groups is 4. The third kappa shape index (κ3) is 6.58. The average molecular weight is 495 g/mol. The van der Waals surface area contributed by atoms with Crippen molar-refractivity contribution in [1.82, 2.24) is 0 Å². The predicted octanol–water partition coefficient (Wildman–Crippen LogP) is 1.39. The first-order valence-corrected chi connectivity index (χ1v) is 11.5. The molecule has 35 heavy (non-hydrogen) atoms. The largest absolute Gasteiger partial charge is 0.466 e. The zero-order valence-corrected chi connectivity index (χ0v) is 20.7. The molecule has 1 aliphatic carbocycles. The van der Waals surface area contributed by atoms with Gasteiger partial charge in [-0.05, 0) is 24.1 Å². The summed E-state index contributed by atoms with van der Waals surface area (Å²) >= 11 is 0. The van der Waals surface area contributed by atoms with Crippen LogP contribution in [0, 0.1) is 17.8 Å². The van der Waals surface area contributed by atoms with Crippen LogP contribution in [0.2, 0.25) is 0 Å². The number of aliphatic hydroxyl groups is 2. The van der Waals surface area contributed by atoms with Gasteiger partial charge in [-0.3, -0.25) is 9.59 Å². The third-order valence-electron chi connectivity index (χ3n) is 6.07. The molecule has 1 heterocycles. The number of esters is 4. The third-order valence-corrected chi connectivity index (χ3v) is 6.07. The predicted molar refractivity (Wildman–Crippen MR) is 122 cm³/mol. The van der Waals surface area contributed by atoms with Gasteiger partial charge >= 0.3 is 23.9 Å². The van der Waals surface area contributed by atoms with Gasteiger partial charge in [-0.15, -0.1) is 0 Å². The quantitative estimate of drug-likeness (QED) is 0.230. The van der Waals surface area contributed by atoms with Gasteiger partial charge in [0.05, 0.1) is 43.1 Å². The highest BCUT2D eigenvalue weighted by atomic mass is 16.6. The van der Waals surface area contributed by atoms with E-state index in [1.807, 2.05) is 0 Å². The number of fused-ring (bicyclic) bond motifs is 1. The fourth-order valence-electron chi connectivity index (χ4n) is 3.79. The summed E-state index contributed by atoms with van der Waals surface area (Å²) < 4.78 is 21.8. The van der Waals surface area contributed by atoms with E-state index in [1.54, 1.807) is 27.7 Å². The van der Waals surface area contributed by atoms with Gasteiger partial charge in [-0.25, -0.2) is 9.59 Å². The van der Waals surface area contributed by atoms with Crippen LogP contribution in [-0.2, 0) is 38.1 Å². The lowest BCUT2D eigenvalue weighted by atomic mass is 9.83. The topological polar surface area (TPSA) is 146 Å². The van der Waals surface area contributed by atoms with Gasteiger partial charge in [-0.1, -0.05) is 34.3 Å². The molecule has 6 atom stereocenters. The van der Waals surface area contributed by atoms with E-state index >= 15 is 0 Å². The van der Waals surface area contributed by atoms with Gasteiger partial charge in [0, 0.05) is 12.0 Å². The summed E-state index contributed by atoms with van der Waals surface area (Å²) in [5.74, 6) is -5.27. The van der Waals surface area contributed by atoms with E-state index in [2.05, 4.69) is 6.58 Å². The van der Waals surface area contributed by atoms with Crippen LogP contribution in [0.1, 0.15) is 40.5 Å². The number of aliphatic hydroxyl groups excluding tert-OH is 2. The lowest BCUT2D eigenvalue weighted by Crippen LogP contribution is -2.47. The van der Waals surface area contributed by atoms with E-state index in [9.17, 15) is 29.4 Å². The number of methoxy groups -OCH3 is 1. The fourth-order valence-corrected chi connectivity index (χ4v) is 3.79. The van der Waals surface area contributed by atoms with Crippen LogP contribution in [0.3, 0.4) is 0 Å². The van der Waals surface area contributed by atoms with E-state index in [0.717, 1.165) is 13.2 Å². The zero-order chi connectivity index (χ0) is 26.4. The molecule has 0 spiro atoms. The minimum absolute atomic E-state index is 0.0555. The molecular weight excluding hydrogens is 460 g/mol. The number of hydrogen-bond acceptors (Lipinski definition) is 10. The fraction of sp³-hybridized carbons (Fsp3) is 0.600. The highest BCUT2D eigenvalue weighted by Crippen LogP contribution is 2.38. The first-order chi connectivity index (χ1) is 16.4. The lowest BCUT2D eigenvalue weighted by Gasteiger charge is -2.34. The molecule has 0 aromatic rings. The van der Waals surface area contributed by atoms with Crippen molar-refractivity contribution in [2.75, 3.05) is 13.7 Å². The minimum atomic E-state index is -1.54. The van der Waals surface area contributed by atoms with E-state index in [0.29, 0.717) is 12.0 Å². The minimum Gasteiger partial charge on any atom is -0.466 e. The van der Waals surface area contributed by atoms with Crippen LogP contribution >= 0.6 is 0 Å². The molecule has 1 aliphatic heterocycles. The highest BCUT2D eigenvalue weighted by Gasteiger charge is 2.51. The zero-order valence-electron chi connectivity index (χ0n) is 20.7. The van der Waals surface area contributed by atoms with Gasteiger partial charge < -0.3 is 29.2 Å². The smallest absolute Gasteiger partial charge is 0.337 e. The summed E-state index contributed by atoms with van der Waals surface area (Å²) in [6, 6.07) is 0. The molecule has 0 aromatic carbocycles. The Morgan fingerprint density at radius 1 is 1.17 bits per heavy atom. The van der Waals surface area contributed by atoms with Gasteiger partial charge in [-0.2, -0.15) is 0 Å². The van der Waals surface area contributed by atoms with E-state index in [-0.39, 0.29) is 17.6 Å². The van der Waals surface area contributed by atoms with Crippen LogP contribution in [0.15, 0.2) is 35.5 Å². The first kappa shape index (κ1) is 28.3. The number of ether oxygens (including phenoxy) is 4. The Kier molecular flexibility index (Phi) is 9.79. The Bertz CT molecular complexity index is 915. The van der Waals surface area contributed by atoms with Crippen molar-refractivity contribution < 1.29 is 48.3 Å². The lowest BCUT2D eigenvalue weighted by molar-refractivity contribution is -0.175. The molecule has 2 rings (SSSR count). The Hall–Kier alpha value is -2.98. The van der Waals surface area contributed by atoms with Gasteiger partial charge in [0.25, 0.3) is 0 Å². The monoisotopic (exact) mass is 494 g/mol. The Balaban J connectivity index is 2.79. The van der Waals surface area contributed by atoms with Gasteiger partial charge in [0.1, 0.15) is 6.10 Å². The van der Waals surface area contributed by atoms with Crippen LogP contribution in [0.5, 0.6) is 0 Å². The summed E-state index contributed by atoms with van der Waals surface area (Å²) in [4.78, 5) is 50.9. The van der Waals surface area contributed by atoms with Crippen LogP contribution in [0.4, 0.5) is 0 Å². The molecule has 1 saturated heterocycles. The maximum atomic E-state index is 12.9. The summed E-state index contributed by atoms with van der Waals surface area (Å²) in [6.45, 7) is 9.92. The Morgan fingerprint density at radius 3 is 2.37 bits per heavy atom. The molecule has 1 fully saturated rings. The molecule has 0 amide bonds. The number of hydrogen-bond donors (Lipinski definition) is 2. The second-order valence-corrected chi connectivity index (χ2v) is 9.01. The Morgan fingerprint density at radius 2 is 1.83 bits per heavy atom. The average Bonchev–Trinajstić information content (AvgIpc) is 3.09. The maximum absolute atomic E-state index is 12.9. The van der Waals surface area contributed by atoms with E-state index in [4.69, 9.17) is 18.9 Å². The van der Waals surface area contributed by atoms with Crippen molar-refractivity contribution in [3.63, 3.8) is 0 Å². The summed E-state index contributed by atoms with van der Waals surface area (Å²) in [6.07, 6.45) is -2.40. The van der Waals surface area contributed by atoms with Crippen molar-refractivity contribution in [3.05, 3.63) is 35.5 Å². The molecule has 2 aliphatic rings. The second-order valence-electron chi connectivity index (χ2n) is 9.01. The Labute approximate surface area is 204 Å². The molecule has 0 radical (unpaired) electrons. The first-order valence-electron chi connectivity index (χ1n) is 11.5. The van der Waals surface area contributed by atoms with E-state index < -0.39 is 72.7 Å². The van der Waals surface area contributed by atoms with E-state index in [1.165, 1.54) is 6.08 Å². The normalized spacial score (nSPS) is 30.7. The molecule has 10 nitrogen and oxygen atoms in total.